The van der Waals surface area contributed by atoms with Crippen LogP contribution in [0.5, 0.6) is 0 Å². The Kier molecular flexibility index (Phi) is 6.77. The van der Waals surface area contributed by atoms with Crippen LogP contribution < -0.4 is 10.6 Å². The third-order valence-electron chi connectivity index (χ3n) is 5.84. The molecule has 1 aromatic heterocycles. The summed E-state index contributed by atoms with van der Waals surface area (Å²) in [6, 6.07) is 11.2. The van der Waals surface area contributed by atoms with Crippen LogP contribution in [0.1, 0.15) is 49.8 Å². The number of likely N-dealkylation sites (tertiary alicyclic amines) is 1. The van der Waals surface area contributed by atoms with Crippen molar-refractivity contribution in [1.82, 2.24) is 30.3 Å². The lowest BCUT2D eigenvalue weighted by Crippen LogP contribution is -2.48. The number of fused-ring (bicyclic) bond motifs is 1. The van der Waals surface area contributed by atoms with E-state index in [0.29, 0.717) is 12.6 Å². The van der Waals surface area contributed by atoms with Crippen molar-refractivity contribution < 1.29 is 0 Å². The number of aliphatic imine (C=N–C) groups is 1. The predicted octanol–water partition coefficient (Wildman–Crippen LogP) is 2.33. The van der Waals surface area contributed by atoms with Crippen molar-refractivity contribution in [2.45, 2.75) is 64.7 Å². The van der Waals surface area contributed by atoms with Crippen LogP contribution in [-0.4, -0.2) is 51.3 Å². The molecule has 7 nitrogen and oxygen atoms in total. The van der Waals surface area contributed by atoms with E-state index in [1.165, 1.54) is 18.4 Å². The molecular formula is C22H33N7. The van der Waals surface area contributed by atoms with E-state index >= 15 is 0 Å². The van der Waals surface area contributed by atoms with Gasteiger partial charge in [0.05, 0.1) is 0 Å². The highest BCUT2D eigenvalue weighted by molar-refractivity contribution is 5.80. The minimum Gasteiger partial charge on any atom is -0.357 e. The van der Waals surface area contributed by atoms with Gasteiger partial charge in [-0.1, -0.05) is 30.3 Å². The second kappa shape index (κ2) is 9.87. The third-order valence-corrected chi connectivity index (χ3v) is 5.84. The van der Waals surface area contributed by atoms with Crippen LogP contribution in [0, 0.1) is 0 Å². The fourth-order valence-electron chi connectivity index (χ4n) is 4.23. The van der Waals surface area contributed by atoms with Crippen LogP contribution >= 0.6 is 0 Å². The van der Waals surface area contributed by atoms with Crippen LogP contribution in [-0.2, 0) is 26.1 Å². The Bertz CT molecular complexity index is 791. The standard InChI is InChI=1S/C22H33N7/c1-2-23-22(24-16-21-27-26-20-10-6-7-13-29(20)21)25-19-11-14-28(15-12-19)17-18-8-4-3-5-9-18/h3-5,8-9,19H,2,6-7,10-17H2,1H3,(H2,23,24,25). The molecule has 2 aromatic rings. The molecule has 0 atom stereocenters. The Labute approximate surface area is 173 Å². The van der Waals surface area contributed by atoms with Gasteiger partial charge in [0.2, 0.25) is 0 Å². The predicted molar refractivity (Wildman–Crippen MR) is 116 cm³/mol. The van der Waals surface area contributed by atoms with Crippen molar-refractivity contribution in [2.24, 2.45) is 4.99 Å². The molecule has 0 unspecified atom stereocenters. The van der Waals surface area contributed by atoms with Crippen LogP contribution in [0.15, 0.2) is 35.3 Å². The fraction of sp³-hybridized carbons (Fsp3) is 0.591. The third kappa shape index (κ3) is 5.35. The Morgan fingerprint density at radius 2 is 1.93 bits per heavy atom. The zero-order valence-corrected chi connectivity index (χ0v) is 17.5. The largest absolute Gasteiger partial charge is 0.357 e. The van der Waals surface area contributed by atoms with Gasteiger partial charge in [-0.05, 0) is 38.2 Å². The van der Waals surface area contributed by atoms with Gasteiger partial charge >= 0.3 is 0 Å². The molecule has 4 rings (SSSR count). The van der Waals surface area contributed by atoms with E-state index in [9.17, 15) is 0 Å². The molecule has 2 N–H and O–H groups in total. The number of nitrogens with one attached hydrogen (secondary N) is 2. The molecule has 1 aromatic carbocycles. The number of hydrogen-bond donors (Lipinski definition) is 2. The van der Waals surface area contributed by atoms with Crippen LogP contribution in [0.3, 0.4) is 0 Å². The van der Waals surface area contributed by atoms with Gasteiger partial charge in [0.25, 0.3) is 0 Å². The number of hydrogen-bond acceptors (Lipinski definition) is 4. The van der Waals surface area contributed by atoms with Crippen LogP contribution in [0.25, 0.3) is 0 Å². The molecular weight excluding hydrogens is 362 g/mol. The molecule has 0 amide bonds. The maximum absolute atomic E-state index is 4.80. The van der Waals surface area contributed by atoms with Gasteiger partial charge in [-0.2, -0.15) is 0 Å². The summed E-state index contributed by atoms with van der Waals surface area (Å²) in [4.78, 5) is 7.34. The highest BCUT2D eigenvalue weighted by Gasteiger charge is 2.20. The summed E-state index contributed by atoms with van der Waals surface area (Å²) in [7, 11) is 0. The monoisotopic (exact) mass is 395 g/mol. The molecule has 156 valence electrons. The zero-order valence-electron chi connectivity index (χ0n) is 17.5. The van der Waals surface area contributed by atoms with E-state index in [1.54, 1.807) is 0 Å². The lowest BCUT2D eigenvalue weighted by Gasteiger charge is -2.33. The van der Waals surface area contributed by atoms with Crippen molar-refractivity contribution in [2.75, 3.05) is 19.6 Å². The summed E-state index contributed by atoms with van der Waals surface area (Å²) in [5, 5.41) is 15.7. The molecule has 0 radical (unpaired) electrons. The van der Waals surface area contributed by atoms with Crippen molar-refractivity contribution >= 4 is 5.96 Å². The molecule has 0 bridgehead atoms. The molecule has 3 heterocycles. The number of benzene rings is 1. The summed E-state index contributed by atoms with van der Waals surface area (Å²) in [5.74, 6) is 2.99. The van der Waals surface area contributed by atoms with E-state index in [2.05, 4.69) is 67.6 Å². The highest BCUT2D eigenvalue weighted by Crippen LogP contribution is 2.15. The number of rotatable bonds is 6. The average Bonchev–Trinajstić information content (AvgIpc) is 3.17. The van der Waals surface area contributed by atoms with E-state index in [4.69, 9.17) is 4.99 Å². The Hall–Kier alpha value is -2.41. The molecule has 0 aliphatic carbocycles. The molecule has 1 saturated heterocycles. The number of aromatic nitrogens is 3. The van der Waals surface area contributed by atoms with Gasteiger partial charge in [-0.3, -0.25) is 4.90 Å². The zero-order chi connectivity index (χ0) is 19.9. The van der Waals surface area contributed by atoms with E-state index in [1.807, 2.05) is 0 Å². The van der Waals surface area contributed by atoms with Gasteiger partial charge in [-0.15, -0.1) is 10.2 Å². The lowest BCUT2D eigenvalue weighted by atomic mass is 10.0. The molecule has 29 heavy (non-hydrogen) atoms. The van der Waals surface area contributed by atoms with Crippen molar-refractivity contribution in [3.8, 4) is 0 Å². The second-order valence-electron chi connectivity index (χ2n) is 8.02. The first-order chi connectivity index (χ1) is 14.3. The Morgan fingerprint density at radius 3 is 2.72 bits per heavy atom. The first kappa shape index (κ1) is 19.9. The SMILES string of the molecule is CCNC(=NCc1nnc2n1CCCC2)NC1CCN(Cc2ccccc2)CC1. The molecule has 1 fully saturated rings. The van der Waals surface area contributed by atoms with Crippen molar-refractivity contribution in [1.29, 1.82) is 0 Å². The smallest absolute Gasteiger partial charge is 0.191 e. The number of guanidine groups is 1. The average molecular weight is 396 g/mol. The molecule has 7 heteroatoms. The fourth-order valence-corrected chi connectivity index (χ4v) is 4.23. The minimum atomic E-state index is 0.465. The summed E-state index contributed by atoms with van der Waals surface area (Å²) in [6.45, 7) is 7.84. The summed E-state index contributed by atoms with van der Waals surface area (Å²) >= 11 is 0. The second-order valence-corrected chi connectivity index (χ2v) is 8.02. The van der Waals surface area contributed by atoms with Crippen LogP contribution in [0.2, 0.25) is 0 Å². The normalized spacial score (nSPS) is 18.4. The van der Waals surface area contributed by atoms with Crippen molar-refractivity contribution in [3.05, 3.63) is 47.5 Å². The maximum atomic E-state index is 4.80. The van der Waals surface area contributed by atoms with Gasteiger partial charge in [0.1, 0.15) is 12.4 Å². The Balaban J connectivity index is 1.29. The van der Waals surface area contributed by atoms with Gasteiger partial charge in [0, 0.05) is 45.2 Å². The molecule has 0 saturated carbocycles. The van der Waals surface area contributed by atoms with Gasteiger partial charge < -0.3 is 15.2 Å². The first-order valence-electron chi connectivity index (χ1n) is 11.0. The maximum Gasteiger partial charge on any atom is 0.191 e. The first-order valence-corrected chi connectivity index (χ1v) is 11.0. The van der Waals surface area contributed by atoms with E-state index in [-0.39, 0.29) is 0 Å². The minimum absolute atomic E-state index is 0.465. The summed E-state index contributed by atoms with van der Waals surface area (Å²) in [5.41, 5.74) is 1.39. The van der Waals surface area contributed by atoms with E-state index < -0.39 is 0 Å². The number of piperidine rings is 1. The van der Waals surface area contributed by atoms with Crippen molar-refractivity contribution in [3.63, 3.8) is 0 Å². The summed E-state index contributed by atoms with van der Waals surface area (Å²) < 4.78 is 2.25. The van der Waals surface area contributed by atoms with Gasteiger partial charge in [-0.25, -0.2) is 4.99 Å². The number of aryl methyl sites for hydroxylation is 1. The van der Waals surface area contributed by atoms with Crippen LogP contribution in [0.4, 0.5) is 0 Å². The molecule has 0 spiro atoms. The lowest BCUT2D eigenvalue weighted by molar-refractivity contribution is 0.198. The van der Waals surface area contributed by atoms with E-state index in [0.717, 1.165) is 69.6 Å². The molecule has 2 aliphatic rings. The van der Waals surface area contributed by atoms with Gasteiger partial charge in [0.15, 0.2) is 11.8 Å². The number of nitrogens with zero attached hydrogens (tertiary/aromatic N) is 5. The topological polar surface area (TPSA) is 70.4 Å². The summed E-state index contributed by atoms with van der Waals surface area (Å²) in [6.07, 6.45) is 5.74. The quantitative estimate of drug-likeness (QED) is 0.580. The Morgan fingerprint density at radius 1 is 1.10 bits per heavy atom. The molecule has 2 aliphatic heterocycles. The highest BCUT2D eigenvalue weighted by atomic mass is 15.3.